The Morgan fingerprint density at radius 3 is 2.88 bits per heavy atom. The quantitative estimate of drug-likeness (QED) is 0.470. The predicted molar refractivity (Wildman–Crippen MR) is 130 cm³/mol. The number of nitrogens with two attached hydrogens (primary N) is 1. The van der Waals surface area contributed by atoms with Gasteiger partial charge in [0.05, 0.1) is 5.69 Å². The molecule has 9 heteroatoms. The number of allylic oxidation sites excluding steroid dienone is 1. The van der Waals surface area contributed by atoms with Gasteiger partial charge in [-0.2, -0.15) is 0 Å². The number of benzene rings is 1. The van der Waals surface area contributed by atoms with Gasteiger partial charge in [-0.3, -0.25) is 9.78 Å². The summed E-state index contributed by atoms with van der Waals surface area (Å²) in [6.07, 6.45) is 4.78. The Kier molecular flexibility index (Phi) is 7.66. The van der Waals surface area contributed by atoms with Crippen LogP contribution >= 0.6 is 0 Å². The number of likely N-dealkylation sites (N-methyl/N-ethyl adjacent to an activating group) is 1. The number of aromatic nitrogens is 1. The summed E-state index contributed by atoms with van der Waals surface area (Å²) in [7, 11) is 1.59. The Balaban J connectivity index is 1.68. The number of nitrogens with zero attached hydrogens (tertiary/aromatic N) is 3. The molecule has 2 aromatic rings. The third kappa shape index (κ3) is 6.67. The van der Waals surface area contributed by atoms with Crippen LogP contribution in [0.3, 0.4) is 0 Å². The van der Waals surface area contributed by atoms with Crippen molar-refractivity contribution in [2.45, 2.75) is 31.9 Å². The fraction of sp³-hybridized carbons (Fsp3) is 0.280. The molecule has 2 heterocycles. The SMILES string of the molecule is CN1C(=O)[C@H](NC(=O)N=CC(=CN)Cc2ccccn2)COc2ccc(C#CC(C)(C)O)cc21. The minimum Gasteiger partial charge on any atom is -0.489 e. The van der Waals surface area contributed by atoms with Crippen LogP contribution in [0.2, 0.25) is 0 Å². The number of nitrogens with one attached hydrogen (secondary N) is 1. The number of fused-ring (bicyclic) bond motifs is 1. The second-order valence-corrected chi connectivity index (χ2v) is 8.20. The maximum Gasteiger partial charge on any atom is 0.341 e. The highest BCUT2D eigenvalue weighted by Gasteiger charge is 2.30. The molecule has 0 fully saturated rings. The van der Waals surface area contributed by atoms with E-state index in [4.69, 9.17) is 10.5 Å². The number of pyridine rings is 1. The van der Waals surface area contributed by atoms with Crippen LogP contribution in [-0.4, -0.2) is 53.5 Å². The number of aliphatic hydroxyl groups is 1. The molecule has 0 aliphatic carbocycles. The summed E-state index contributed by atoms with van der Waals surface area (Å²) in [6.45, 7) is 3.12. The van der Waals surface area contributed by atoms with Gasteiger partial charge in [0.2, 0.25) is 0 Å². The minimum atomic E-state index is -1.14. The number of aliphatic imine (C=N–C) groups is 1. The number of rotatable bonds is 4. The lowest BCUT2D eigenvalue weighted by Gasteiger charge is -2.19. The number of anilines is 1. The van der Waals surface area contributed by atoms with E-state index in [-0.39, 0.29) is 12.5 Å². The summed E-state index contributed by atoms with van der Waals surface area (Å²) < 4.78 is 5.76. The topological polar surface area (TPSA) is 130 Å². The highest BCUT2D eigenvalue weighted by atomic mass is 16.5. The molecular formula is C25H27N5O4. The normalized spacial score (nSPS) is 16.2. The van der Waals surface area contributed by atoms with Crippen LogP contribution in [0.1, 0.15) is 25.1 Å². The fourth-order valence-corrected chi connectivity index (χ4v) is 3.09. The second-order valence-electron chi connectivity index (χ2n) is 8.20. The van der Waals surface area contributed by atoms with Crippen molar-refractivity contribution in [1.82, 2.24) is 10.3 Å². The van der Waals surface area contributed by atoms with E-state index >= 15 is 0 Å². The third-order valence-corrected chi connectivity index (χ3v) is 4.84. The maximum absolute atomic E-state index is 13.0. The van der Waals surface area contributed by atoms with Crippen LogP contribution in [0, 0.1) is 11.8 Å². The van der Waals surface area contributed by atoms with Crippen molar-refractivity contribution in [2.24, 2.45) is 10.7 Å². The van der Waals surface area contributed by atoms with Gasteiger partial charge in [-0.25, -0.2) is 9.79 Å². The van der Waals surface area contributed by atoms with E-state index in [9.17, 15) is 14.7 Å². The van der Waals surface area contributed by atoms with Crippen LogP contribution < -0.4 is 20.7 Å². The van der Waals surface area contributed by atoms with Crippen molar-refractivity contribution >= 4 is 23.8 Å². The number of carbonyl (C=O) groups excluding carboxylic acids is 2. The molecular weight excluding hydrogens is 434 g/mol. The molecule has 0 radical (unpaired) electrons. The Hall–Kier alpha value is -4.16. The molecule has 3 amide bonds. The van der Waals surface area contributed by atoms with Crippen molar-refractivity contribution in [3.8, 4) is 17.6 Å². The average molecular weight is 462 g/mol. The van der Waals surface area contributed by atoms with Crippen LogP contribution in [0.5, 0.6) is 5.75 Å². The zero-order valence-corrected chi connectivity index (χ0v) is 19.3. The van der Waals surface area contributed by atoms with Gasteiger partial charge in [0, 0.05) is 37.1 Å². The molecule has 9 nitrogen and oxygen atoms in total. The molecule has 0 bridgehead atoms. The molecule has 1 atom stereocenters. The first-order chi connectivity index (χ1) is 16.2. The molecule has 0 saturated carbocycles. The molecule has 1 aromatic heterocycles. The van der Waals surface area contributed by atoms with E-state index in [1.54, 1.807) is 45.3 Å². The highest BCUT2D eigenvalue weighted by Crippen LogP contribution is 2.31. The van der Waals surface area contributed by atoms with E-state index in [0.717, 1.165) is 5.69 Å². The summed E-state index contributed by atoms with van der Waals surface area (Å²) in [5.74, 6) is 5.73. The van der Waals surface area contributed by atoms with E-state index < -0.39 is 17.7 Å². The van der Waals surface area contributed by atoms with Crippen LogP contribution in [-0.2, 0) is 11.2 Å². The zero-order chi connectivity index (χ0) is 24.7. The molecule has 34 heavy (non-hydrogen) atoms. The van der Waals surface area contributed by atoms with Gasteiger partial charge in [-0.1, -0.05) is 17.9 Å². The zero-order valence-electron chi connectivity index (χ0n) is 19.3. The van der Waals surface area contributed by atoms with Crippen LogP contribution in [0.15, 0.2) is 59.4 Å². The number of amides is 3. The first-order valence-electron chi connectivity index (χ1n) is 10.6. The summed E-state index contributed by atoms with van der Waals surface area (Å²) in [5, 5.41) is 12.4. The first kappa shape index (κ1) is 24.5. The van der Waals surface area contributed by atoms with Crippen LogP contribution in [0.4, 0.5) is 10.5 Å². The van der Waals surface area contributed by atoms with Gasteiger partial charge >= 0.3 is 6.03 Å². The monoisotopic (exact) mass is 461 g/mol. The first-order valence-corrected chi connectivity index (χ1v) is 10.6. The Bertz CT molecular complexity index is 1170. The highest BCUT2D eigenvalue weighted by molar-refractivity contribution is 6.01. The number of urea groups is 1. The summed E-state index contributed by atoms with van der Waals surface area (Å²) in [4.78, 5) is 34.9. The Labute approximate surface area is 198 Å². The molecule has 3 rings (SSSR count). The van der Waals surface area contributed by atoms with E-state index in [2.05, 4.69) is 27.1 Å². The lowest BCUT2D eigenvalue weighted by molar-refractivity contribution is -0.120. The van der Waals surface area contributed by atoms with Crippen molar-refractivity contribution in [3.05, 3.63) is 65.6 Å². The lowest BCUT2D eigenvalue weighted by atomic mass is 10.1. The number of ether oxygens (including phenoxy) is 1. The standard InChI is InChI=1S/C25H27N5O4/c1-25(2,33)10-9-17-7-8-22-21(13-17)30(3)23(31)20(16-34-22)29-24(32)28-15-18(14-26)12-19-6-4-5-11-27-19/h4-8,11,13-15,20,33H,12,16,26H2,1-3H3,(H,29,32)/t20-/m1/s1. The van der Waals surface area contributed by atoms with E-state index in [0.29, 0.717) is 29.0 Å². The molecule has 1 aliphatic rings. The summed E-state index contributed by atoms with van der Waals surface area (Å²) in [6, 6.07) is 9.01. The van der Waals surface area contributed by atoms with Gasteiger partial charge < -0.3 is 25.8 Å². The largest absolute Gasteiger partial charge is 0.489 e. The lowest BCUT2D eigenvalue weighted by Crippen LogP contribution is -2.48. The van der Waals surface area contributed by atoms with Crippen molar-refractivity contribution < 1.29 is 19.4 Å². The van der Waals surface area contributed by atoms with Gasteiger partial charge in [0.15, 0.2) is 0 Å². The predicted octanol–water partition coefficient (Wildman–Crippen LogP) is 1.79. The van der Waals surface area contributed by atoms with Gasteiger partial charge in [-0.15, -0.1) is 0 Å². The van der Waals surface area contributed by atoms with E-state index in [1.165, 1.54) is 17.3 Å². The summed E-state index contributed by atoms with van der Waals surface area (Å²) in [5.41, 5.74) is 7.01. The van der Waals surface area contributed by atoms with Crippen molar-refractivity contribution in [1.29, 1.82) is 0 Å². The fourth-order valence-electron chi connectivity index (χ4n) is 3.09. The number of hydrogen-bond acceptors (Lipinski definition) is 6. The van der Waals surface area contributed by atoms with Gasteiger partial charge in [0.1, 0.15) is 24.0 Å². The molecule has 0 spiro atoms. The second kappa shape index (κ2) is 10.6. The third-order valence-electron chi connectivity index (χ3n) is 4.84. The molecule has 1 aliphatic heterocycles. The molecule has 0 unspecified atom stereocenters. The van der Waals surface area contributed by atoms with Crippen LogP contribution in [0.25, 0.3) is 0 Å². The van der Waals surface area contributed by atoms with E-state index in [1.807, 2.05) is 18.2 Å². The van der Waals surface area contributed by atoms with Crippen molar-refractivity contribution in [2.75, 3.05) is 18.6 Å². The van der Waals surface area contributed by atoms with Crippen molar-refractivity contribution in [3.63, 3.8) is 0 Å². The maximum atomic E-state index is 13.0. The Morgan fingerprint density at radius 2 is 2.21 bits per heavy atom. The minimum absolute atomic E-state index is 0.0559. The Morgan fingerprint density at radius 1 is 1.41 bits per heavy atom. The summed E-state index contributed by atoms with van der Waals surface area (Å²) >= 11 is 0. The molecule has 0 saturated heterocycles. The molecule has 4 N–H and O–H groups in total. The average Bonchev–Trinajstić information content (AvgIpc) is 2.92. The molecule has 1 aromatic carbocycles. The number of hydrogen-bond donors (Lipinski definition) is 3. The molecule has 176 valence electrons. The number of carbonyl (C=O) groups is 2. The van der Waals surface area contributed by atoms with Gasteiger partial charge in [-0.05, 0) is 56.0 Å². The smallest absolute Gasteiger partial charge is 0.341 e. The van der Waals surface area contributed by atoms with Gasteiger partial charge in [0.25, 0.3) is 5.91 Å².